The summed E-state index contributed by atoms with van der Waals surface area (Å²) in [6.45, 7) is 3.20. The van der Waals surface area contributed by atoms with Gasteiger partial charge in [0.15, 0.2) is 0 Å². The first-order valence-electron chi connectivity index (χ1n) is 10.3. The molecular weight excluding hydrogens is 378 g/mol. The van der Waals surface area contributed by atoms with Crippen molar-refractivity contribution < 1.29 is 9.53 Å². The van der Waals surface area contributed by atoms with Gasteiger partial charge in [-0.3, -0.25) is 9.47 Å². The van der Waals surface area contributed by atoms with Crippen LogP contribution in [0.4, 0.5) is 16.4 Å². The molecule has 2 aromatic carbocycles. The van der Waals surface area contributed by atoms with Gasteiger partial charge in [-0.25, -0.2) is 4.79 Å². The Kier molecular flexibility index (Phi) is 5.97. The number of benzene rings is 2. The number of carbonyl (C=O) groups excluding carboxylic acids is 1. The number of hydrogen-bond donors (Lipinski definition) is 1. The van der Waals surface area contributed by atoms with E-state index in [1.807, 2.05) is 55.5 Å². The third-order valence-corrected chi connectivity index (χ3v) is 5.46. The van der Waals surface area contributed by atoms with Gasteiger partial charge in [-0.05, 0) is 49.1 Å². The number of hydrogen-bond acceptors (Lipinski definition) is 4. The molecule has 0 fully saturated rings. The molecule has 0 saturated carbocycles. The lowest BCUT2D eigenvalue weighted by molar-refractivity contribution is 0.256. The molecular formula is C23H27N5O2. The van der Waals surface area contributed by atoms with Crippen LogP contribution >= 0.6 is 0 Å². The number of nitrogens with one attached hydrogen (secondary N) is 1. The van der Waals surface area contributed by atoms with E-state index in [1.54, 1.807) is 12.0 Å². The molecule has 3 aromatic rings. The summed E-state index contributed by atoms with van der Waals surface area (Å²) in [5, 5.41) is 11.8. The lowest BCUT2D eigenvalue weighted by Crippen LogP contribution is -2.37. The van der Waals surface area contributed by atoms with Crippen molar-refractivity contribution in [2.75, 3.05) is 17.3 Å². The molecule has 0 saturated heterocycles. The standard InChI is InChI=1S/C23H27N5O2/c1-17-8-5-6-9-20(17)24-23(29)28(16-18-11-13-19(30-2)14-12-18)22-26-25-21-10-4-3-7-15-27(21)22/h5-6,8-9,11-14H,3-4,7,10,15-16H2,1-2H3,(H,24,29). The Labute approximate surface area is 176 Å². The Bertz CT molecular complexity index is 1010. The fourth-order valence-electron chi connectivity index (χ4n) is 3.71. The Balaban J connectivity index is 1.66. The van der Waals surface area contributed by atoms with Crippen molar-refractivity contribution in [3.8, 4) is 5.75 Å². The maximum Gasteiger partial charge on any atom is 0.329 e. The van der Waals surface area contributed by atoms with Gasteiger partial charge in [-0.2, -0.15) is 0 Å². The van der Waals surface area contributed by atoms with Crippen molar-refractivity contribution in [1.82, 2.24) is 14.8 Å². The first kappa shape index (κ1) is 19.9. The van der Waals surface area contributed by atoms with Gasteiger partial charge < -0.3 is 10.1 Å². The maximum absolute atomic E-state index is 13.4. The van der Waals surface area contributed by atoms with Gasteiger partial charge >= 0.3 is 6.03 Å². The molecule has 0 bridgehead atoms. The van der Waals surface area contributed by atoms with Crippen LogP contribution in [-0.2, 0) is 19.5 Å². The van der Waals surface area contributed by atoms with Crippen molar-refractivity contribution in [3.05, 3.63) is 65.5 Å². The number of anilines is 2. The van der Waals surface area contributed by atoms with Crippen LogP contribution in [0.1, 0.15) is 36.2 Å². The van der Waals surface area contributed by atoms with E-state index in [-0.39, 0.29) is 6.03 Å². The van der Waals surface area contributed by atoms with Gasteiger partial charge in [-0.1, -0.05) is 36.8 Å². The summed E-state index contributed by atoms with van der Waals surface area (Å²) in [6, 6.07) is 15.3. The molecule has 30 heavy (non-hydrogen) atoms. The van der Waals surface area contributed by atoms with Gasteiger partial charge in [0.05, 0.1) is 13.7 Å². The van der Waals surface area contributed by atoms with Gasteiger partial charge in [0, 0.05) is 18.7 Å². The first-order chi connectivity index (χ1) is 14.7. The molecule has 0 spiro atoms. The van der Waals surface area contributed by atoms with E-state index in [0.29, 0.717) is 12.5 Å². The summed E-state index contributed by atoms with van der Waals surface area (Å²) < 4.78 is 7.35. The predicted molar refractivity (Wildman–Crippen MR) is 117 cm³/mol. The number of fused-ring (bicyclic) bond motifs is 1. The average molecular weight is 406 g/mol. The molecule has 7 heteroatoms. The van der Waals surface area contributed by atoms with E-state index in [2.05, 4.69) is 20.1 Å². The van der Waals surface area contributed by atoms with E-state index < -0.39 is 0 Å². The second-order valence-corrected chi connectivity index (χ2v) is 7.56. The second-order valence-electron chi connectivity index (χ2n) is 7.56. The summed E-state index contributed by atoms with van der Waals surface area (Å²) >= 11 is 0. The minimum absolute atomic E-state index is 0.223. The van der Waals surface area contributed by atoms with Crippen LogP contribution in [0.2, 0.25) is 0 Å². The topological polar surface area (TPSA) is 72.3 Å². The monoisotopic (exact) mass is 405 g/mol. The van der Waals surface area contributed by atoms with Crippen LogP contribution < -0.4 is 15.0 Å². The fraction of sp³-hybridized carbons (Fsp3) is 0.348. The normalized spacial score (nSPS) is 13.3. The van der Waals surface area contributed by atoms with Crippen molar-refractivity contribution in [2.45, 2.75) is 45.7 Å². The number of rotatable bonds is 5. The zero-order valence-corrected chi connectivity index (χ0v) is 17.5. The Hall–Kier alpha value is -3.35. The molecule has 0 radical (unpaired) electrons. The molecule has 0 aliphatic carbocycles. The van der Waals surface area contributed by atoms with Crippen LogP contribution in [-0.4, -0.2) is 27.9 Å². The summed E-state index contributed by atoms with van der Waals surface area (Å²) in [7, 11) is 1.64. The van der Waals surface area contributed by atoms with Crippen molar-refractivity contribution >= 4 is 17.7 Å². The molecule has 1 aliphatic rings. The van der Waals surface area contributed by atoms with Crippen LogP contribution in [0.3, 0.4) is 0 Å². The highest BCUT2D eigenvalue weighted by atomic mass is 16.5. The molecule has 156 valence electrons. The van der Waals surface area contributed by atoms with Crippen LogP contribution in [0.25, 0.3) is 0 Å². The lowest BCUT2D eigenvalue weighted by Gasteiger charge is -2.23. The number of carbonyl (C=O) groups is 1. The van der Waals surface area contributed by atoms with Crippen molar-refractivity contribution in [1.29, 1.82) is 0 Å². The zero-order chi connectivity index (χ0) is 20.9. The third-order valence-electron chi connectivity index (χ3n) is 5.46. The third kappa shape index (κ3) is 4.30. The molecule has 0 unspecified atom stereocenters. The number of ether oxygens (including phenoxy) is 1. The Morgan fingerprint density at radius 2 is 1.90 bits per heavy atom. The fourth-order valence-corrected chi connectivity index (χ4v) is 3.71. The Morgan fingerprint density at radius 1 is 1.10 bits per heavy atom. The molecule has 4 rings (SSSR count). The smallest absolute Gasteiger partial charge is 0.329 e. The number of para-hydroxylation sites is 1. The number of urea groups is 1. The van der Waals surface area contributed by atoms with Gasteiger partial charge in [0.25, 0.3) is 0 Å². The molecule has 2 amide bonds. The predicted octanol–water partition coefficient (Wildman–Crippen LogP) is 4.56. The van der Waals surface area contributed by atoms with Crippen LogP contribution in [0, 0.1) is 6.92 Å². The van der Waals surface area contributed by atoms with Gasteiger partial charge in [0.1, 0.15) is 11.6 Å². The largest absolute Gasteiger partial charge is 0.497 e. The van der Waals surface area contributed by atoms with E-state index in [9.17, 15) is 4.79 Å². The molecule has 2 heterocycles. The zero-order valence-electron chi connectivity index (χ0n) is 17.5. The molecule has 7 nitrogen and oxygen atoms in total. The summed E-state index contributed by atoms with van der Waals surface area (Å²) in [5.41, 5.74) is 2.79. The summed E-state index contributed by atoms with van der Waals surface area (Å²) in [5.74, 6) is 2.32. The second kappa shape index (κ2) is 8.98. The maximum atomic E-state index is 13.4. The summed E-state index contributed by atoms with van der Waals surface area (Å²) in [4.78, 5) is 15.0. The number of aryl methyl sites for hydroxylation is 2. The van der Waals surface area contributed by atoms with Gasteiger partial charge in [0.2, 0.25) is 5.95 Å². The van der Waals surface area contributed by atoms with E-state index in [4.69, 9.17) is 4.74 Å². The number of nitrogens with zero attached hydrogens (tertiary/aromatic N) is 4. The highest BCUT2D eigenvalue weighted by molar-refractivity contribution is 6.01. The van der Waals surface area contributed by atoms with Crippen molar-refractivity contribution in [2.24, 2.45) is 0 Å². The molecule has 1 aliphatic heterocycles. The van der Waals surface area contributed by atoms with E-state index >= 15 is 0 Å². The highest BCUT2D eigenvalue weighted by Crippen LogP contribution is 2.24. The minimum atomic E-state index is -0.223. The summed E-state index contributed by atoms with van der Waals surface area (Å²) in [6.07, 6.45) is 4.22. The number of methoxy groups -OCH3 is 1. The van der Waals surface area contributed by atoms with Crippen LogP contribution in [0.15, 0.2) is 48.5 Å². The van der Waals surface area contributed by atoms with Gasteiger partial charge in [-0.15, -0.1) is 10.2 Å². The van der Waals surface area contributed by atoms with Crippen LogP contribution in [0.5, 0.6) is 5.75 Å². The van der Waals surface area contributed by atoms with E-state index in [1.165, 1.54) is 0 Å². The molecule has 1 N–H and O–H groups in total. The van der Waals surface area contributed by atoms with E-state index in [0.717, 1.165) is 60.6 Å². The number of amides is 2. The quantitative estimate of drug-likeness (QED) is 0.675. The minimum Gasteiger partial charge on any atom is -0.497 e. The lowest BCUT2D eigenvalue weighted by atomic mass is 10.2. The average Bonchev–Trinajstić information content (AvgIpc) is 3.01. The van der Waals surface area contributed by atoms with Crippen molar-refractivity contribution in [3.63, 3.8) is 0 Å². The highest BCUT2D eigenvalue weighted by Gasteiger charge is 2.25. The first-order valence-corrected chi connectivity index (χ1v) is 10.3. The SMILES string of the molecule is COc1ccc(CN(C(=O)Nc2ccccc2C)c2nnc3n2CCCCC3)cc1. The molecule has 0 atom stereocenters. The Morgan fingerprint density at radius 3 is 2.67 bits per heavy atom. The number of aromatic nitrogens is 3. The molecule has 1 aromatic heterocycles.